The summed E-state index contributed by atoms with van der Waals surface area (Å²) >= 11 is 1.75. The van der Waals surface area contributed by atoms with Gasteiger partial charge in [0.1, 0.15) is 5.01 Å². The van der Waals surface area contributed by atoms with Crippen LogP contribution in [0.25, 0.3) is 10.7 Å². The highest BCUT2D eigenvalue weighted by molar-refractivity contribution is 7.15. The van der Waals surface area contributed by atoms with Crippen molar-refractivity contribution >= 4 is 11.3 Å². The zero-order valence-electron chi connectivity index (χ0n) is 9.81. The van der Waals surface area contributed by atoms with Gasteiger partial charge in [0.15, 0.2) is 0 Å². The van der Waals surface area contributed by atoms with E-state index in [2.05, 4.69) is 23.0 Å². The van der Waals surface area contributed by atoms with Gasteiger partial charge in [-0.2, -0.15) is 0 Å². The Morgan fingerprint density at radius 3 is 3.12 bits per heavy atom. The Kier molecular flexibility index (Phi) is 2.68. The van der Waals surface area contributed by atoms with Gasteiger partial charge in [0, 0.05) is 17.1 Å². The van der Waals surface area contributed by atoms with Crippen molar-refractivity contribution in [3.63, 3.8) is 0 Å². The Morgan fingerprint density at radius 2 is 2.35 bits per heavy atom. The lowest BCUT2D eigenvalue weighted by Crippen LogP contribution is -2.16. The van der Waals surface area contributed by atoms with Crippen LogP contribution in [0.2, 0.25) is 0 Å². The van der Waals surface area contributed by atoms with Gasteiger partial charge < -0.3 is 5.73 Å². The molecule has 0 saturated carbocycles. The smallest absolute Gasteiger partial charge is 0.142 e. The summed E-state index contributed by atoms with van der Waals surface area (Å²) in [5, 5.41) is 1.01. The second kappa shape index (κ2) is 4.20. The van der Waals surface area contributed by atoms with Gasteiger partial charge in [-0.05, 0) is 43.9 Å². The molecule has 0 saturated heterocycles. The van der Waals surface area contributed by atoms with E-state index >= 15 is 0 Å². The third-order valence-corrected chi connectivity index (χ3v) is 4.29. The highest BCUT2D eigenvalue weighted by Gasteiger charge is 2.22. The van der Waals surface area contributed by atoms with Gasteiger partial charge in [0.25, 0.3) is 0 Å². The van der Waals surface area contributed by atoms with Gasteiger partial charge in [-0.25, -0.2) is 4.98 Å². The van der Waals surface area contributed by atoms with Gasteiger partial charge in [-0.15, -0.1) is 11.3 Å². The van der Waals surface area contributed by atoms with Crippen molar-refractivity contribution in [1.29, 1.82) is 0 Å². The summed E-state index contributed by atoms with van der Waals surface area (Å²) in [7, 11) is 0. The van der Waals surface area contributed by atoms with Gasteiger partial charge in [-0.1, -0.05) is 0 Å². The van der Waals surface area contributed by atoms with Crippen LogP contribution in [0.3, 0.4) is 0 Å². The average molecular weight is 245 g/mol. The molecule has 0 bridgehead atoms. The second-order valence-corrected chi connectivity index (χ2v) is 5.63. The van der Waals surface area contributed by atoms with Gasteiger partial charge in [-0.3, -0.25) is 4.98 Å². The Balaban J connectivity index is 2.05. The minimum atomic E-state index is 0.119. The maximum atomic E-state index is 6.09. The molecule has 1 aliphatic carbocycles. The normalized spacial score (nSPS) is 19.1. The minimum Gasteiger partial charge on any atom is -0.323 e. The maximum Gasteiger partial charge on any atom is 0.142 e. The molecule has 0 aliphatic heterocycles. The third kappa shape index (κ3) is 1.98. The predicted octanol–water partition coefficient (Wildman–Crippen LogP) is 2.85. The van der Waals surface area contributed by atoms with Crippen molar-refractivity contribution in [2.24, 2.45) is 5.73 Å². The summed E-state index contributed by atoms with van der Waals surface area (Å²) in [6.07, 6.45) is 5.19. The number of nitrogens with zero attached hydrogens (tertiary/aromatic N) is 2. The van der Waals surface area contributed by atoms with Crippen LogP contribution in [0, 0.1) is 6.92 Å². The van der Waals surface area contributed by atoms with Crippen LogP contribution in [-0.4, -0.2) is 9.97 Å². The van der Waals surface area contributed by atoms with Crippen molar-refractivity contribution < 1.29 is 0 Å². The molecule has 17 heavy (non-hydrogen) atoms. The van der Waals surface area contributed by atoms with E-state index in [9.17, 15) is 0 Å². The molecule has 4 heteroatoms. The first-order valence-corrected chi connectivity index (χ1v) is 6.74. The molecule has 3 rings (SSSR count). The molecule has 0 spiro atoms. The fraction of sp³-hybridized carbons (Fsp3) is 0.385. The molecule has 88 valence electrons. The van der Waals surface area contributed by atoms with E-state index in [0.717, 1.165) is 29.2 Å². The van der Waals surface area contributed by atoms with Crippen molar-refractivity contribution in [1.82, 2.24) is 9.97 Å². The number of nitrogens with two attached hydrogens (primary N) is 1. The summed E-state index contributed by atoms with van der Waals surface area (Å²) in [5.74, 6) is 0. The van der Waals surface area contributed by atoms with Crippen molar-refractivity contribution in [3.05, 3.63) is 34.5 Å². The number of hydrogen-bond donors (Lipinski definition) is 1. The van der Waals surface area contributed by atoms with Gasteiger partial charge >= 0.3 is 0 Å². The standard InChI is InChI=1S/C13H15N3S/c1-8-5-6-15-10(7-8)13-16-12-9(14)3-2-4-11(12)17-13/h5-7,9H,2-4,14H2,1H3. The lowest BCUT2D eigenvalue weighted by Gasteiger charge is -2.15. The van der Waals surface area contributed by atoms with E-state index in [1.54, 1.807) is 11.3 Å². The number of fused-ring (bicyclic) bond motifs is 1. The summed E-state index contributed by atoms with van der Waals surface area (Å²) in [5.41, 5.74) is 9.37. The number of thiazole rings is 1. The molecule has 2 aromatic heterocycles. The van der Waals surface area contributed by atoms with E-state index in [0.29, 0.717) is 0 Å². The van der Waals surface area contributed by atoms with E-state index in [1.165, 1.54) is 16.9 Å². The fourth-order valence-corrected chi connectivity index (χ4v) is 3.36. The molecule has 3 nitrogen and oxygen atoms in total. The summed E-state index contributed by atoms with van der Waals surface area (Å²) in [6.45, 7) is 2.07. The molecule has 0 fully saturated rings. The number of pyridine rings is 1. The Labute approximate surface area is 105 Å². The lowest BCUT2D eigenvalue weighted by molar-refractivity contribution is 0.564. The fourth-order valence-electron chi connectivity index (χ4n) is 2.21. The first-order chi connectivity index (χ1) is 8.24. The quantitative estimate of drug-likeness (QED) is 0.840. The van der Waals surface area contributed by atoms with E-state index in [1.807, 2.05) is 12.3 Å². The van der Waals surface area contributed by atoms with Crippen LogP contribution in [0.15, 0.2) is 18.3 Å². The second-order valence-electron chi connectivity index (χ2n) is 4.54. The maximum absolute atomic E-state index is 6.09. The van der Waals surface area contributed by atoms with Crippen LogP contribution in [-0.2, 0) is 6.42 Å². The minimum absolute atomic E-state index is 0.119. The topological polar surface area (TPSA) is 51.8 Å². The molecular weight excluding hydrogens is 230 g/mol. The van der Waals surface area contributed by atoms with Crippen LogP contribution in [0.1, 0.15) is 35.0 Å². The molecular formula is C13H15N3S. The zero-order valence-corrected chi connectivity index (χ0v) is 10.6. The number of aryl methyl sites for hydroxylation is 2. The zero-order chi connectivity index (χ0) is 11.8. The summed E-state index contributed by atoms with van der Waals surface area (Å²) < 4.78 is 0. The molecule has 0 amide bonds. The Hall–Kier alpha value is -1.26. The SMILES string of the molecule is Cc1ccnc(-c2nc3c(s2)CCCC3N)c1. The summed E-state index contributed by atoms with van der Waals surface area (Å²) in [6, 6.07) is 4.20. The summed E-state index contributed by atoms with van der Waals surface area (Å²) in [4.78, 5) is 10.4. The Bertz CT molecular complexity index is 547. The molecule has 2 N–H and O–H groups in total. The molecule has 2 heterocycles. The number of hydrogen-bond acceptors (Lipinski definition) is 4. The number of aromatic nitrogens is 2. The van der Waals surface area contributed by atoms with Gasteiger partial charge in [0.05, 0.1) is 11.4 Å². The van der Waals surface area contributed by atoms with E-state index in [4.69, 9.17) is 5.73 Å². The highest BCUT2D eigenvalue weighted by Crippen LogP contribution is 2.35. The van der Waals surface area contributed by atoms with Crippen LogP contribution in [0.5, 0.6) is 0 Å². The van der Waals surface area contributed by atoms with Crippen molar-refractivity contribution in [2.75, 3.05) is 0 Å². The highest BCUT2D eigenvalue weighted by atomic mass is 32.1. The lowest BCUT2D eigenvalue weighted by atomic mass is 9.99. The molecule has 1 atom stereocenters. The molecule has 0 radical (unpaired) electrons. The molecule has 1 unspecified atom stereocenters. The van der Waals surface area contributed by atoms with Crippen molar-refractivity contribution in [2.45, 2.75) is 32.2 Å². The van der Waals surface area contributed by atoms with Crippen LogP contribution in [0.4, 0.5) is 0 Å². The van der Waals surface area contributed by atoms with E-state index < -0.39 is 0 Å². The first-order valence-electron chi connectivity index (χ1n) is 5.92. The van der Waals surface area contributed by atoms with Crippen LogP contribution < -0.4 is 5.73 Å². The predicted molar refractivity (Wildman–Crippen MR) is 69.9 cm³/mol. The first kappa shape index (κ1) is 10.9. The molecule has 1 aliphatic rings. The Morgan fingerprint density at radius 1 is 1.47 bits per heavy atom. The van der Waals surface area contributed by atoms with Crippen molar-refractivity contribution in [3.8, 4) is 10.7 Å². The largest absolute Gasteiger partial charge is 0.323 e. The average Bonchev–Trinajstić information content (AvgIpc) is 2.74. The third-order valence-electron chi connectivity index (χ3n) is 3.13. The monoisotopic (exact) mass is 245 g/mol. The molecule has 0 aromatic carbocycles. The van der Waals surface area contributed by atoms with Crippen LogP contribution >= 0.6 is 11.3 Å². The molecule has 2 aromatic rings. The number of rotatable bonds is 1. The van der Waals surface area contributed by atoms with E-state index in [-0.39, 0.29) is 6.04 Å². The van der Waals surface area contributed by atoms with Gasteiger partial charge in [0.2, 0.25) is 0 Å².